The minimum absolute atomic E-state index is 0.00538. The minimum atomic E-state index is -2.46. The number of methoxy groups -OCH3 is 2. The summed E-state index contributed by atoms with van der Waals surface area (Å²) in [6.45, 7) is 18.3. The number of alkyl carbamates (subject to hydrolysis) is 1. The number of anilines is 1. The van der Waals surface area contributed by atoms with E-state index in [1.165, 1.54) is 4.90 Å². The minimum Gasteiger partial charge on any atom is -0.508 e. The van der Waals surface area contributed by atoms with Crippen molar-refractivity contribution in [3.05, 3.63) is 84.1 Å². The number of carbonyl (C=O) groups is 6. The molecule has 3 aliphatic heterocycles. The molecule has 9 N–H and O–H groups in total. The number of ether oxygens (including phenoxy) is 13. The molecule has 31 nitrogen and oxygen atoms in total. The molecule has 2 bridgehead atoms. The van der Waals surface area contributed by atoms with Gasteiger partial charge in [0.2, 0.25) is 11.7 Å². The van der Waals surface area contributed by atoms with Gasteiger partial charge in [0, 0.05) is 107 Å². The fraction of sp³-hybridized carbons (Fsp3) is 0.678. The van der Waals surface area contributed by atoms with Crippen molar-refractivity contribution in [1.82, 2.24) is 35.3 Å². The molecular weight excluding hydrogens is 1520 g/mol. The number of carbonyl (C=O) groups excluding carboxylic acids is 6. The van der Waals surface area contributed by atoms with Crippen LogP contribution in [-0.2, 0) is 92.1 Å². The van der Waals surface area contributed by atoms with E-state index in [9.17, 15) is 49.2 Å². The lowest BCUT2D eigenvalue weighted by molar-refractivity contribution is -0.265. The van der Waals surface area contributed by atoms with E-state index in [0.717, 1.165) is 40.4 Å². The molecule has 1 aliphatic carbocycles. The number of hydrogen-bond acceptors (Lipinski definition) is 26. The Labute approximate surface area is 694 Å². The third-order valence-electron chi connectivity index (χ3n) is 22.4. The summed E-state index contributed by atoms with van der Waals surface area (Å²) in [5, 5.41) is 57.3. The van der Waals surface area contributed by atoms with Crippen molar-refractivity contribution in [3.8, 4) is 17.1 Å². The van der Waals surface area contributed by atoms with E-state index < -0.39 is 90.1 Å². The van der Waals surface area contributed by atoms with Gasteiger partial charge in [-0.1, -0.05) is 64.2 Å². The molecule has 658 valence electrons. The third-order valence-corrected chi connectivity index (χ3v) is 22.4. The highest BCUT2D eigenvalue weighted by atomic mass is 16.6. The first-order valence-electron chi connectivity index (χ1n) is 42.3. The normalized spacial score (nSPS) is 27.2. The number of aromatic hydroxyl groups is 1. The Morgan fingerprint density at radius 2 is 1.37 bits per heavy atom. The summed E-state index contributed by atoms with van der Waals surface area (Å²) in [4.78, 5) is 91.4. The van der Waals surface area contributed by atoms with Gasteiger partial charge in [0.15, 0.2) is 5.65 Å². The van der Waals surface area contributed by atoms with Crippen LogP contribution in [0.25, 0.3) is 33.3 Å². The van der Waals surface area contributed by atoms with Gasteiger partial charge in [-0.25, -0.2) is 19.3 Å². The average Bonchev–Trinajstić information content (AvgIpc) is 1.55. The lowest BCUT2D eigenvalue weighted by Crippen LogP contribution is -2.60. The van der Waals surface area contributed by atoms with E-state index in [4.69, 9.17) is 72.4 Å². The van der Waals surface area contributed by atoms with Crippen LogP contribution in [0.1, 0.15) is 151 Å². The predicted molar refractivity (Wildman–Crippen MR) is 442 cm³/mol. The molecule has 3 amide bonds. The number of fused-ring (bicyclic) bond motifs is 5. The van der Waals surface area contributed by atoms with Crippen LogP contribution in [-0.4, -0.2) is 275 Å². The second-order valence-corrected chi connectivity index (χ2v) is 31.6. The summed E-state index contributed by atoms with van der Waals surface area (Å²) in [5.74, 6) is -6.84. The number of ketones is 2. The molecule has 6 heterocycles. The standard InChI is InChI=1S/C87H132N8O23/c1-58-16-10-9-11-17-59(2)77(106-7)56-68-23-19-63(6)87(105,118-68)82(101)84(102)94-32-14-12-18-72(94)85(103)116-67(55-73(97)61(4)51-62(5)75(99)57-74(98)60(3)50-58)24-20-64-21-26-76(78(52-64)107-8)117-86(104)91-31-35-109-37-39-111-41-43-113-45-47-115-49-48-114-46-44-112-42-40-110-38-36-108-34-28-79(100)89-29-13-15-33-95-83-80(69(88)27-30-90-83)81(93-95)71-54-65-53-66(96)22-25-70(65)92-71/h9-11,16-17,22,25,27,30,51,53-54,58,60-61,63-64,67-68,72-73,75-78,92,96-97,99,105H,12-15,18-21,23-24,26,28-29,31-50,52,55-57H2,1-8H3,(H2,88,90)(H,89,100)(H,91,104)/b11-9+,16-10+,59-17+,62-51+/t58-,60-,61-,63-,64-,67-,68+,72+,73-,75+,76-,77+,78-,87-/m1/s1. The highest BCUT2D eigenvalue weighted by Crippen LogP contribution is 2.39. The number of nitrogens with zero attached hydrogens (tertiary/aromatic N) is 4. The number of hydrogen-bond donors (Lipinski definition) is 8. The number of H-pyrrole nitrogens is 1. The smallest absolute Gasteiger partial charge is 0.407 e. The quantitative estimate of drug-likeness (QED) is 0.00892. The number of aromatic amines is 1. The number of phenolic OH excluding ortho intramolecular Hbond substituents is 1. The Balaban J connectivity index is 0.635. The molecule has 3 fully saturated rings. The maximum absolute atomic E-state index is 14.6. The number of rotatable bonds is 39. The molecule has 0 unspecified atom stereocenters. The number of Topliss-reactive ketones (excluding diaryl/α,β-unsaturated/α-hetero) is 2. The van der Waals surface area contributed by atoms with Gasteiger partial charge in [-0.3, -0.25) is 19.2 Å². The number of nitrogens with one attached hydrogen (secondary N) is 3. The molecule has 1 aromatic carbocycles. The van der Waals surface area contributed by atoms with Crippen LogP contribution in [0.5, 0.6) is 5.75 Å². The number of esters is 1. The summed E-state index contributed by atoms with van der Waals surface area (Å²) in [6.07, 6.45) is 14.7. The van der Waals surface area contributed by atoms with Gasteiger partial charge in [0.05, 0.1) is 147 Å². The van der Waals surface area contributed by atoms with E-state index in [-0.39, 0.29) is 87.2 Å². The van der Waals surface area contributed by atoms with Crippen LogP contribution in [0.3, 0.4) is 0 Å². The van der Waals surface area contributed by atoms with E-state index in [1.54, 1.807) is 65.5 Å². The lowest BCUT2D eigenvalue weighted by Gasteiger charge is -2.42. The Kier molecular flexibility index (Phi) is 41.6. The zero-order valence-corrected chi connectivity index (χ0v) is 70.5. The number of unbranched alkanes of at least 4 members (excludes halogenated alkanes) is 1. The summed E-state index contributed by atoms with van der Waals surface area (Å²) in [6, 6.07) is 7.67. The second kappa shape index (κ2) is 51.2. The van der Waals surface area contributed by atoms with E-state index in [2.05, 4.69) is 20.6 Å². The fourth-order valence-electron chi connectivity index (χ4n) is 15.3. The molecule has 0 radical (unpaired) electrons. The predicted octanol–water partition coefficient (Wildman–Crippen LogP) is 9.14. The number of pyridine rings is 1. The summed E-state index contributed by atoms with van der Waals surface area (Å²) < 4.78 is 76.7. The van der Waals surface area contributed by atoms with Crippen molar-refractivity contribution in [2.24, 2.45) is 29.6 Å². The number of piperidine rings is 1. The van der Waals surface area contributed by atoms with E-state index in [1.807, 2.05) is 68.0 Å². The number of nitrogens with two attached hydrogens (primary N) is 1. The Bertz CT molecular complexity index is 3860. The number of amides is 3. The lowest BCUT2D eigenvalue weighted by atomic mass is 9.81. The van der Waals surface area contributed by atoms with Gasteiger partial charge in [0.1, 0.15) is 35.5 Å². The molecule has 14 atom stereocenters. The van der Waals surface area contributed by atoms with Gasteiger partial charge in [0.25, 0.3) is 11.7 Å². The average molecular weight is 1660 g/mol. The molecule has 0 spiro atoms. The molecule has 4 aliphatic rings. The van der Waals surface area contributed by atoms with Crippen molar-refractivity contribution in [2.45, 2.75) is 212 Å². The van der Waals surface area contributed by atoms with Crippen molar-refractivity contribution in [3.63, 3.8) is 0 Å². The highest BCUT2D eigenvalue weighted by molar-refractivity contribution is 6.39. The number of allylic oxidation sites excluding steroid dienone is 5. The highest BCUT2D eigenvalue weighted by Gasteiger charge is 2.53. The Morgan fingerprint density at radius 3 is 2.04 bits per heavy atom. The number of aromatic nitrogens is 4. The van der Waals surface area contributed by atoms with Crippen LogP contribution in [0.4, 0.5) is 10.5 Å². The molecule has 118 heavy (non-hydrogen) atoms. The summed E-state index contributed by atoms with van der Waals surface area (Å²) in [5.41, 5.74) is 11.4. The zero-order valence-electron chi connectivity index (χ0n) is 70.5. The topological polar surface area (TPSA) is 403 Å². The molecule has 1 saturated carbocycles. The van der Waals surface area contributed by atoms with Crippen LogP contribution < -0.4 is 16.4 Å². The largest absolute Gasteiger partial charge is 0.508 e. The maximum atomic E-state index is 14.6. The molecular formula is C87H132N8O23. The summed E-state index contributed by atoms with van der Waals surface area (Å²) in [7, 11) is 3.14. The number of aliphatic hydroxyl groups is 3. The Morgan fingerprint density at radius 1 is 0.703 bits per heavy atom. The number of cyclic esters (lactones) is 1. The van der Waals surface area contributed by atoms with Gasteiger partial charge in [-0.2, -0.15) is 5.10 Å². The molecule has 31 heteroatoms. The number of nitrogen functional groups attached to an aromatic ring is 1. The second-order valence-electron chi connectivity index (χ2n) is 31.6. The number of phenols is 1. The van der Waals surface area contributed by atoms with Crippen molar-refractivity contribution in [2.75, 3.05) is 145 Å². The Hall–Kier alpha value is -7.60. The first kappa shape index (κ1) is 95.9. The number of aliphatic hydroxyl groups excluding tert-OH is 2. The van der Waals surface area contributed by atoms with Crippen LogP contribution in [0, 0.1) is 29.6 Å². The molecule has 2 saturated heterocycles. The van der Waals surface area contributed by atoms with Crippen LogP contribution in [0.15, 0.2) is 84.1 Å². The van der Waals surface area contributed by atoms with Gasteiger partial charge >= 0.3 is 12.1 Å². The van der Waals surface area contributed by atoms with Gasteiger partial charge < -0.3 is 108 Å². The summed E-state index contributed by atoms with van der Waals surface area (Å²) >= 11 is 0. The molecule has 3 aromatic heterocycles. The number of aryl methyl sites for hydroxylation is 1. The number of benzene rings is 1. The van der Waals surface area contributed by atoms with Crippen LogP contribution >= 0.6 is 0 Å². The SMILES string of the molecule is CO[C@H]1C[C@@H]2CC[C@@H](C)[C@@](O)(O2)C(=O)C(=O)N2CCCC[C@H]2C(=O)O[C@H](CC[C@@H]2CC[C@@H](OC(=O)NCCOCCOCCOCCOCCOCCOCCOCCOCCC(=O)NCCCCn3nc(-c4cc5cc(O)ccc5[nH]4)c4c(N)ccnc43)[C@H](OC)C2)C[C@@H](O)[C@H](C)/C=C(\C)[C@@H](O)CC(=O)[C@H](C)C[C@H](C)/C=C/C=C/C=C/1C. The first-order valence-corrected chi connectivity index (χ1v) is 42.3. The van der Waals surface area contributed by atoms with Crippen molar-refractivity contribution >= 4 is 63.1 Å². The zero-order chi connectivity index (χ0) is 84.8. The van der Waals surface area contributed by atoms with Gasteiger partial charge in [-0.05, 0) is 151 Å². The van der Waals surface area contributed by atoms with Crippen molar-refractivity contribution < 1.29 is 111 Å². The van der Waals surface area contributed by atoms with E-state index in [0.29, 0.717) is 199 Å². The molecule has 8 rings (SSSR count). The fourth-order valence-corrected chi connectivity index (χ4v) is 15.3. The van der Waals surface area contributed by atoms with Crippen molar-refractivity contribution in [1.29, 1.82) is 0 Å². The van der Waals surface area contributed by atoms with Crippen LogP contribution in [0.2, 0.25) is 0 Å². The van der Waals surface area contributed by atoms with E-state index >= 15 is 0 Å². The maximum Gasteiger partial charge on any atom is 0.407 e. The molecule has 4 aromatic rings. The third kappa shape index (κ3) is 31.1. The first-order chi connectivity index (χ1) is 57.0. The monoisotopic (exact) mass is 1660 g/mol. The van der Waals surface area contributed by atoms with Gasteiger partial charge in [-0.15, -0.1) is 0 Å².